The molecule has 0 radical (unpaired) electrons. The normalized spacial score (nSPS) is 11.3. The molecule has 148 valence electrons. The molecule has 3 aromatic rings. The summed E-state index contributed by atoms with van der Waals surface area (Å²) in [5.41, 5.74) is 9.27. The summed E-state index contributed by atoms with van der Waals surface area (Å²) in [6.45, 7) is 9.30. The van der Waals surface area contributed by atoms with Gasteiger partial charge in [-0.05, 0) is 75.9 Å². The van der Waals surface area contributed by atoms with E-state index < -0.39 is 0 Å². The van der Waals surface area contributed by atoms with E-state index in [-0.39, 0.29) is 0 Å². The van der Waals surface area contributed by atoms with Crippen LogP contribution in [0.3, 0.4) is 0 Å². The number of hydrogen-bond donors (Lipinski definition) is 0. The maximum absolute atomic E-state index is 2.48. The molecule has 0 nitrogen and oxygen atoms in total. The van der Waals surface area contributed by atoms with E-state index >= 15 is 0 Å². The van der Waals surface area contributed by atoms with Crippen LogP contribution < -0.4 is 0 Å². The van der Waals surface area contributed by atoms with E-state index in [0.717, 1.165) is 0 Å². The zero-order chi connectivity index (χ0) is 19.9. The fourth-order valence-electron chi connectivity index (χ4n) is 4.73. The molecule has 3 aromatic carbocycles. The lowest BCUT2D eigenvalue weighted by atomic mass is 9.82. The van der Waals surface area contributed by atoms with E-state index in [2.05, 4.69) is 76.2 Å². The topological polar surface area (TPSA) is 0 Å². The first-order valence-electron chi connectivity index (χ1n) is 11.4. The molecule has 0 aliphatic heterocycles. The van der Waals surface area contributed by atoms with Gasteiger partial charge in [0.2, 0.25) is 0 Å². The lowest BCUT2D eigenvalue weighted by molar-refractivity contribution is 0.810. The fourth-order valence-corrected chi connectivity index (χ4v) is 4.73. The number of hydrogen-bond acceptors (Lipinski definition) is 0. The third-order valence-electron chi connectivity index (χ3n) is 5.87. The van der Waals surface area contributed by atoms with Gasteiger partial charge in [-0.15, -0.1) is 0 Å². The maximum atomic E-state index is 2.48. The lowest BCUT2D eigenvalue weighted by Crippen LogP contribution is -2.07. The Kier molecular flexibility index (Phi) is 7.31. The third kappa shape index (κ3) is 4.17. The highest BCUT2D eigenvalue weighted by Crippen LogP contribution is 2.36. The maximum Gasteiger partial charge on any atom is -0.0140 e. The highest BCUT2D eigenvalue weighted by atomic mass is 14.2. The Labute approximate surface area is 172 Å². The van der Waals surface area contributed by atoms with E-state index in [1.165, 1.54) is 73.3 Å². The van der Waals surface area contributed by atoms with Crippen molar-refractivity contribution in [3.63, 3.8) is 0 Å². The second-order valence-electron chi connectivity index (χ2n) is 8.04. The second kappa shape index (κ2) is 9.92. The zero-order valence-corrected chi connectivity index (χ0v) is 18.3. The smallest absolute Gasteiger partial charge is 0.0140 e. The van der Waals surface area contributed by atoms with Crippen LogP contribution >= 0.6 is 0 Å². The summed E-state index contributed by atoms with van der Waals surface area (Å²) in [7, 11) is 0. The SMILES string of the molecule is CCCc1c(CCC)c(CCC)c2cc(-c3ccccc3)ccc2c1CCC. The number of aryl methyl sites for hydroxylation is 2. The van der Waals surface area contributed by atoms with Gasteiger partial charge in [-0.1, -0.05) is 95.8 Å². The summed E-state index contributed by atoms with van der Waals surface area (Å²) >= 11 is 0. The minimum absolute atomic E-state index is 1.19. The number of fused-ring (bicyclic) bond motifs is 1. The van der Waals surface area contributed by atoms with Gasteiger partial charge < -0.3 is 0 Å². The third-order valence-corrected chi connectivity index (χ3v) is 5.87. The van der Waals surface area contributed by atoms with Crippen LogP contribution in [-0.4, -0.2) is 0 Å². The van der Waals surface area contributed by atoms with Crippen molar-refractivity contribution in [2.45, 2.75) is 79.1 Å². The molecule has 0 aliphatic carbocycles. The van der Waals surface area contributed by atoms with Crippen molar-refractivity contribution in [3.05, 3.63) is 70.8 Å². The quantitative estimate of drug-likeness (QED) is 0.354. The predicted molar refractivity (Wildman–Crippen MR) is 125 cm³/mol. The minimum Gasteiger partial charge on any atom is -0.0651 e. The van der Waals surface area contributed by atoms with Gasteiger partial charge in [-0.2, -0.15) is 0 Å². The van der Waals surface area contributed by atoms with E-state index in [9.17, 15) is 0 Å². The molecule has 0 unspecified atom stereocenters. The van der Waals surface area contributed by atoms with E-state index in [1.807, 2.05) is 0 Å². The fraction of sp³-hybridized carbons (Fsp3) is 0.429. The molecule has 0 heterocycles. The molecule has 0 bridgehead atoms. The minimum atomic E-state index is 1.19. The summed E-state index contributed by atoms with van der Waals surface area (Å²) in [6.07, 6.45) is 9.69. The number of benzene rings is 3. The molecule has 0 spiro atoms. The summed E-state index contributed by atoms with van der Waals surface area (Å²) in [5, 5.41) is 3.02. The molecule has 0 saturated carbocycles. The average Bonchev–Trinajstić information content (AvgIpc) is 2.73. The van der Waals surface area contributed by atoms with Gasteiger partial charge in [0.1, 0.15) is 0 Å². The Balaban J connectivity index is 2.34. The molecular weight excluding hydrogens is 336 g/mol. The molecular formula is C28H36. The van der Waals surface area contributed by atoms with Crippen molar-refractivity contribution in [2.24, 2.45) is 0 Å². The van der Waals surface area contributed by atoms with E-state index in [4.69, 9.17) is 0 Å². The summed E-state index contributed by atoms with van der Waals surface area (Å²) in [5.74, 6) is 0. The van der Waals surface area contributed by atoms with Gasteiger partial charge in [0.15, 0.2) is 0 Å². The molecule has 3 rings (SSSR count). The van der Waals surface area contributed by atoms with Crippen LogP contribution in [-0.2, 0) is 25.7 Å². The monoisotopic (exact) mass is 372 g/mol. The van der Waals surface area contributed by atoms with Crippen LogP contribution in [0.25, 0.3) is 21.9 Å². The first-order valence-corrected chi connectivity index (χ1v) is 11.4. The average molecular weight is 373 g/mol. The Morgan fingerprint density at radius 1 is 0.464 bits per heavy atom. The molecule has 0 heteroatoms. The van der Waals surface area contributed by atoms with Gasteiger partial charge in [-0.3, -0.25) is 0 Å². The first kappa shape index (κ1) is 20.6. The van der Waals surface area contributed by atoms with Crippen LogP contribution in [0, 0.1) is 0 Å². The Bertz CT molecular complexity index is 902. The molecule has 0 saturated heterocycles. The Morgan fingerprint density at radius 2 is 0.964 bits per heavy atom. The molecule has 0 amide bonds. The summed E-state index contributed by atoms with van der Waals surface area (Å²) in [6, 6.07) is 18.1. The summed E-state index contributed by atoms with van der Waals surface area (Å²) < 4.78 is 0. The van der Waals surface area contributed by atoms with Gasteiger partial charge in [0.05, 0.1) is 0 Å². The van der Waals surface area contributed by atoms with Crippen molar-refractivity contribution in [1.29, 1.82) is 0 Å². The Morgan fingerprint density at radius 3 is 1.50 bits per heavy atom. The van der Waals surface area contributed by atoms with E-state index in [1.54, 1.807) is 22.3 Å². The molecule has 0 aromatic heterocycles. The molecule has 0 N–H and O–H groups in total. The predicted octanol–water partition coefficient (Wildman–Crippen LogP) is 8.32. The second-order valence-corrected chi connectivity index (χ2v) is 8.04. The highest BCUT2D eigenvalue weighted by Gasteiger charge is 2.18. The van der Waals surface area contributed by atoms with Crippen molar-refractivity contribution in [3.8, 4) is 11.1 Å². The molecule has 0 atom stereocenters. The van der Waals surface area contributed by atoms with Crippen LogP contribution in [0.4, 0.5) is 0 Å². The van der Waals surface area contributed by atoms with Gasteiger partial charge >= 0.3 is 0 Å². The van der Waals surface area contributed by atoms with Crippen LogP contribution in [0.15, 0.2) is 48.5 Å². The van der Waals surface area contributed by atoms with Crippen LogP contribution in [0.2, 0.25) is 0 Å². The molecule has 0 aliphatic rings. The van der Waals surface area contributed by atoms with Crippen LogP contribution in [0.5, 0.6) is 0 Å². The molecule has 28 heavy (non-hydrogen) atoms. The lowest BCUT2D eigenvalue weighted by Gasteiger charge is -2.23. The zero-order valence-electron chi connectivity index (χ0n) is 18.3. The van der Waals surface area contributed by atoms with E-state index in [0.29, 0.717) is 0 Å². The van der Waals surface area contributed by atoms with Gasteiger partial charge in [-0.25, -0.2) is 0 Å². The molecule has 0 fully saturated rings. The largest absolute Gasteiger partial charge is 0.0651 e. The summed E-state index contributed by atoms with van der Waals surface area (Å²) in [4.78, 5) is 0. The van der Waals surface area contributed by atoms with Crippen molar-refractivity contribution >= 4 is 10.8 Å². The van der Waals surface area contributed by atoms with Crippen LogP contribution in [0.1, 0.15) is 75.6 Å². The number of rotatable bonds is 9. The first-order chi connectivity index (χ1) is 13.7. The standard InChI is InChI=1S/C28H36/c1-5-12-23-24(13-6-2)26(15-8-4)28-20-22(21-16-10-9-11-17-21)18-19-27(28)25(23)14-7-3/h9-11,16-20H,5-8,12-15H2,1-4H3. The van der Waals surface area contributed by atoms with Crippen molar-refractivity contribution in [2.75, 3.05) is 0 Å². The van der Waals surface area contributed by atoms with Crippen molar-refractivity contribution < 1.29 is 0 Å². The van der Waals surface area contributed by atoms with Crippen molar-refractivity contribution in [1.82, 2.24) is 0 Å². The Hall–Kier alpha value is -2.08. The highest BCUT2D eigenvalue weighted by molar-refractivity contribution is 5.94. The van der Waals surface area contributed by atoms with Gasteiger partial charge in [0, 0.05) is 0 Å². The van der Waals surface area contributed by atoms with Gasteiger partial charge in [0.25, 0.3) is 0 Å².